The SMILES string of the molecule is NC(=S)n1ss1. The molecule has 0 aliphatic carbocycles. The molecule has 1 heterocycles. The Balaban J connectivity index is 2.62. The maximum atomic E-state index is 5.11. The summed E-state index contributed by atoms with van der Waals surface area (Å²) in [6, 6.07) is 0. The summed E-state index contributed by atoms with van der Waals surface area (Å²) < 4.78 is 1.76. The van der Waals surface area contributed by atoms with E-state index in [1.807, 2.05) is 0 Å². The summed E-state index contributed by atoms with van der Waals surface area (Å²) in [5, 5.41) is 0.463. The molecule has 0 bridgehead atoms. The van der Waals surface area contributed by atoms with Crippen molar-refractivity contribution in [3.05, 3.63) is 0 Å². The lowest BCUT2D eigenvalue weighted by Gasteiger charge is -1.75. The molecule has 0 spiro atoms. The van der Waals surface area contributed by atoms with Crippen molar-refractivity contribution in [1.82, 2.24) is 3.35 Å². The predicted octanol–water partition coefficient (Wildman–Crippen LogP) is 0.703. The van der Waals surface area contributed by atoms with Crippen molar-refractivity contribution >= 4 is 38.4 Å². The predicted molar refractivity (Wildman–Crippen MR) is 32.4 cm³/mol. The largest absolute Gasteiger partial charge is 0.374 e. The minimum absolute atomic E-state index is 0.463. The minimum atomic E-state index is 0.463. The Hall–Kier alpha value is 0.130. The summed E-state index contributed by atoms with van der Waals surface area (Å²) in [5.41, 5.74) is 5.11. The Morgan fingerprint density at radius 1 is 1.67 bits per heavy atom. The van der Waals surface area contributed by atoms with Crippen LogP contribution in [0.4, 0.5) is 0 Å². The molecular weight excluding hydrogens is 136 g/mol. The molecule has 1 aromatic heterocycles. The average Bonchev–Trinajstić information content (AvgIpc) is 2.06. The molecule has 0 fully saturated rings. The normalized spacial score (nSPS) is 9.33. The summed E-state index contributed by atoms with van der Waals surface area (Å²) in [5.74, 6) is 0. The van der Waals surface area contributed by atoms with Gasteiger partial charge in [0.15, 0.2) is 5.11 Å². The third kappa shape index (κ3) is 0.796. The summed E-state index contributed by atoms with van der Waals surface area (Å²) in [6.07, 6.45) is 0. The number of aromatic nitrogens is 1. The highest BCUT2D eigenvalue weighted by Crippen LogP contribution is 2.14. The van der Waals surface area contributed by atoms with Crippen molar-refractivity contribution in [2.45, 2.75) is 0 Å². The molecule has 1 aromatic rings. The van der Waals surface area contributed by atoms with Crippen LogP contribution in [0.25, 0.3) is 0 Å². The zero-order valence-corrected chi connectivity index (χ0v) is 5.20. The van der Waals surface area contributed by atoms with Crippen LogP contribution in [0, 0.1) is 0 Å². The van der Waals surface area contributed by atoms with Crippen molar-refractivity contribution in [2.75, 3.05) is 0 Å². The molecular formula is CH2N2S3. The van der Waals surface area contributed by atoms with Crippen LogP contribution in [0.1, 0.15) is 0 Å². The van der Waals surface area contributed by atoms with Crippen LogP contribution in [-0.2, 0) is 0 Å². The maximum absolute atomic E-state index is 5.11. The monoisotopic (exact) mass is 138 g/mol. The molecule has 0 radical (unpaired) electrons. The van der Waals surface area contributed by atoms with E-state index in [2.05, 4.69) is 12.2 Å². The zero-order chi connectivity index (χ0) is 4.57. The zero-order valence-electron chi connectivity index (χ0n) is 2.75. The molecule has 1 rings (SSSR count). The van der Waals surface area contributed by atoms with Gasteiger partial charge in [0.2, 0.25) is 0 Å². The van der Waals surface area contributed by atoms with Gasteiger partial charge in [0.1, 0.15) is 0 Å². The quantitative estimate of drug-likeness (QED) is 0.422. The van der Waals surface area contributed by atoms with Crippen LogP contribution in [0.5, 0.6) is 0 Å². The molecule has 0 aromatic carbocycles. The van der Waals surface area contributed by atoms with E-state index in [0.717, 1.165) is 0 Å². The summed E-state index contributed by atoms with van der Waals surface area (Å²) in [4.78, 5) is 0. The van der Waals surface area contributed by atoms with Crippen molar-refractivity contribution < 1.29 is 0 Å². The Kier molecular flexibility index (Phi) is 0.947. The van der Waals surface area contributed by atoms with Gasteiger partial charge in [0, 0.05) is 21.1 Å². The fourth-order valence-electron chi connectivity index (χ4n) is 0.0901. The van der Waals surface area contributed by atoms with Gasteiger partial charge in [-0.15, -0.1) is 0 Å². The third-order valence-corrected chi connectivity index (χ3v) is 2.33. The Bertz CT molecular complexity index is 126. The van der Waals surface area contributed by atoms with Crippen LogP contribution in [0.2, 0.25) is 0 Å². The maximum Gasteiger partial charge on any atom is 0.195 e. The molecule has 0 atom stereocenters. The second kappa shape index (κ2) is 1.32. The molecule has 2 N–H and O–H groups in total. The number of rotatable bonds is 0. The highest BCUT2D eigenvalue weighted by atomic mass is 33.0. The van der Waals surface area contributed by atoms with Crippen LogP contribution in [-0.4, -0.2) is 8.46 Å². The highest BCUT2D eigenvalue weighted by Gasteiger charge is 1.96. The molecule has 0 amide bonds. The smallest absolute Gasteiger partial charge is 0.195 e. The molecule has 0 saturated heterocycles. The highest BCUT2D eigenvalue weighted by molar-refractivity contribution is 7.84. The topological polar surface area (TPSA) is 30.9 Å². The summed E-state index contributed by atoms with van der Waals surface area (Å²) in [6.45, 7) is 0. The van der Waals surface area contributed by atoms with Crippen molar-refractivity contribution in [3.63, 3.8) is 0 Å². The first kappa shape index (κ1) is 4.29. The molecule has 0 aliphatic rings. The van der Waals surface area contributed by atoms with Crippen LogP contribution in [0.3, 0.4) is 0 Å². The van der Waals surface area contributed by atoms with Crippen LogP contribution in [0.15, 0.2) is 0 Å². The molecule has 0 aliphatic heterocycles. The summed E-state index contributed by atoms with van der Waals surface area (Å²) in [7, 11) is 3.12. The summed E-state index contributed by atoms with van der Waals surface area (Å²) >= 11 is 4.54. The van der Waals surface area contributed by atoms with Gasteiger partial charge in [0.05, 0.1) is 0 Å². The number of nitrogens with zero attached hydrogens (tertiary/aromatic N) is 1. The first-order valence-electron chi connectivity index (χ1n) is 1.25. The van der Waals surface area contributed by atoms with Crippen molar-refractivity contribution in [1.29, 1.82) is 0 Å². The van der Waals surface area contributed by atoms with Crippen LogP contribution < -0.4 is 5.73 Å². The van der Waals surface area contributed by atoms with E-state index in [9.17, 15) is 0 Å². The van der Waals surface area contributed by atoms with Crippen molar-refractivity contribution in [3.8, 4) is 0 Å². The Morgan fingerprint density at radius 3 is 2.17 bits per heavy atom. The number of hydrogen-bond donors (Lipinski definition) is 1. The Morgan fingerprint density at radius 2 is 2.17 bits per heavy atom. The van der Waals surface area contributed by atoms with Gasteiger partial charge in [-0.25, -0.2) is 0 Å². The van der Waals surface area contributed by atoms with Gasteiger partial charge in [-0.1, -0.05) is 0 Å². The van der Waals surface area contributed by atoms with Crippen molar-refractivity contribution in [2.24, 2.45) is 5.73 Å². The van der Waals surface area contributed by atoms with E-state index >= 15 is 0 Å². The van der Waals surface area contributed by atoms with E-state index in [1.54, 1.807) is 24.4 Å². The van der Waals surface area contributed by atoms with Crippen LogP contribution >= 0.6 is 33.3 Å². The number of hydrogen-bond acceptors (Lipinski definition) is 3. The van der Waals surface area contributed by atoms with Gasteiger partial charge in [-0.05, 0) is 12.2 Å². The molecule has 0 unspecified atom stereocenters. The number of thiocarbonyl (C=S) groups is 1. The van der Waals surface area contributed by atoms with Gasteiger partial charge in [0.25, 0.3) is 0 Å². The minimum Gasteiger partial charge on any atom is -0.374 e. The first-order valence-corrected chi connectivity index (χ1v) is 3.72. The first-order chi connectivity index (χ1) is 2.80. The molecule has 0 saturated carbocycles. The number of nitrogens with two attached hydrogens (primary N) is 1. The van der Waals surface area contributed by atoms with Gasteiger partial charge >= 0.3 is 0 Å². The van der Waals surface area contributed by atoms with E-state index in [0.29, 0.717) is 5.11 Å². The lowest BCUT2D eigenvalue weighted by molar-refractivity contribution is 1.50. The van der Waals surface area contributed by atoms with E-state index in [4.69, 9.17) is 5.73 Å². The van der Waals surface area contributed by atoms with Gasteiger partial charge in [-0.3, -0.25) is 0 Å². The lowest BCUT2D eigenvalue weighted by atomic mass is 11.3. The molecule has 2 nitrogen and oxygen atoms in total. The van der Waals surface area contributed by atoms with Gasteiger partial charge in [-0.2, -0.15) is 3.35 Å². The Labute approximate surface area is 47.9 Å². The molecule has 34 valence electrons. The fraction of sp³-hybridized carbons (Fsp3) is 0. The average molecular weight is 138 g/mol. The van der Waals surface area contributed by atoms with E-state index in [1.165, 1.54) is 0 Å². The third-order valence-electron chi connectivity index (χ3n) is 0.329. The van der Waals surface area contributed by atoms with E-state index in [-0.39, 0.29) is 0 Å². The second-order valence-corrected chi connectivity index (χ2v) is 3.32. The second-order valence-electron chi connectivity index (χ2n) is 0.744. The molecule has 5 heteroatoms. The molecule has 6 heavy (non-hydrogen) atoms. The standard InChI is InChI=1S/CH2N2S3/c2-1(4)3-5-6-3/h(H2,2,4). The van der Waals surface area contributed by atoms with Gasteiger partial charge < -0.3 is 5.73 Å². The lowest BCUT2D eigenvalue weighted by Crippen LogP contribution is -2.10. The van der Waals surface area contributed by atoms with E-state index < -0.39 is 0 Å². The fourth-order valence-corrected chi connectivity index (χ4v) is 1.36.